The summed E-state index contributed by atoms with van der Waals surface area (Å²) in [6, 6.07) is 16.1. The summed E-state index contributed by atoms with van der Waals surface area (Å²) in [6.45, 7) is 0. The molecular formula is C17H14N2O2S. The third kappa shape index (κ3) is 3.21. The van der Waals surface area contributed by atoms with Crippen LogP contribution in [0.1, 0.15) is 5.56 Å². The Balaban J connectivity index is 1.92. The minimum atomic E-state index is -0.548. The van der Waals surface area contributed by atoms with Crippen LogP contribution in [0.3, 0.4) is 0 Å². The highest BCUT2D eigenvalue weighted by molar-refractivity contribution is 7.99. The Morgan fingerprint density at radius 2 is 2.00 bits per heavy atom. The van der Waals surface area contributed by atoms with Crippen molar-refractivity contribution in [3.05, 3.63) is 66.4 Å². The second kappa shape index (κ2) is 6.51. The number of aromatic amines is 1. The van der Waals surface area contributed by atoms with Gasteiger partial charge < -0.3 is 4.98 Å². The maximum Gasteiger partial charge on any atom is 0.267 e. The number of nitrogens with one attached hydrogen (secondary N) is 2. The summed E-state index contributed by atoms with van der Waals surface area (Å²) in [5.74, 6) is -0.548. The number of rotatable bonds is 4. The minimum absolute atomic E-state index is 0.548. The third-order valence-corrected chi connectivity index (χ3v) is 4.24. The minimum Gasteiger partial charge on any atom is -0.360 e. The number of carbonyl (C=O) groups is 1. The van der Waals surface area contributed by atoms with Crippen molar-refractivity contribution < 1.29 is 10.0 Å². The highest BCUT2D eigenvalue weighted by Crippen LogP contribution is 2.33. The number of fused-ring (bicyclic) bond motifs is 1. The first-order valence-electron chi connectivity index (χ1n) is 6.72. The van der Waals surface area contributed by atoms with Gasteiger partial charge in [-0.15, -0.1) is 0 Å². The van der Waals surface area contributed by atoms with E-state index in [2.05, 4.69) is 17.1 Å². The van der Waals surface area contributed by atoms with Gasteiger partial charge in [-0.1, -0.05) is 36.0 Å². The molecule has 0 saturated heterocycles. The Labute approximate surface area is 131 Å². The molecule has 0 unspecified atom stereocenters. The number of benzene rings is 2. The normalized spacial score (nSPS) is 11.1. The average Bonchev–Trinajstić information content (AvgIpc) is 2.96. The van der Waals surface area contributed by atoms with Gasteiger partial charge in [-0.3, -0.25) is 10.0 Å². The molecule has 3 N–H and O–H groups in total. The first-order valence-corrected chi connectivity index (χ1v) is 7.54. The van der Waals surface area contributed by atoms with Crippen molar-refractivity contribution in [3.8, 4) is 0 Å². The van der Waals surface area contributed by atoms with Crippen LogP contribution >= 0.6 is 11.8 Å². The molecule has 1 heterocycles. The van der Waals surface area contributed by atoms with Gasteiger partial charge in [0.15, 0.2) is 0 Å². The molecule has 3 rings (SSSR count). The number of amides is 1. The van der Waals surface area contributed by atoms with Gasteiger partial charge in [0.25, 0.3) is 5.91 Å². The zero-order valence-electron chi connectivity index (χ0n) is 11.6. The zero-order chi connectivity index (χ0) is 15.4. The fourth-order valence-electron chi connectivity index (χ4n) is 2.13. The topological polar surface area (TPSA) is 65.1 Å². The molecular weight excluding hydrogens is 296 g/mol. The van der Waals surface area contributed by atoms with Gasteiger partial charge in [0.05, 0.1) is 0 Å². The summed E-state index contributed by atoms with van der Waals surface area (Å²) < 4.78 is 0. The Kier molecular flexibility index (Phi) is 4.27. The average molecular weight is 310 g/mol. The van der Waals surface area contributed by atoms with Crippen molar-refractivity contribution in [1.29, 1.82) is 0 Å². The monoisotopic (exact) mass is 310 g/mol. The number of carbonyl (C=O) groups excluding carboxylic acids is 1. The maximum absolute atomic E-state index is 11.0. The van der Waals surface area contributed by atoms with Gasteiger partial charge in [-0.2, -0.15) is 0 Å². The molecule has 0 bridgehead atoms. The predicted octanol–water partition coefficient (Wildman–Crippen LogP) is 3.84. The van der Waals surface area contributed by atoms with Gasteiger partial charge >= 0.3 is 0 Å². The van der Waals surface area contributed by atoms with E-state index in [1.54, 1.807) is 23.3 Å². The van der Waals surface area contributed by atoms with E-state index in [0.717, 1.165) is 21.4 Å². The van der Waals surface area contributed by atoms with Crippen molar-refractivity contribution >= 4 is 34.6 Å². The fourth-order valence-corrected chi connectivity index (χ4v) is 3.07. The second-order valence-corrected chi connectivity index (χ2v) is 5.80. The molecule has 0 saturated carbocycles. The molecule has 0 aliphatic heterocycles. The highest BCUT2D eigenvalue weighted by Gasteiger charge is 2.06. The first-order chi connectivity index (χ1) is 10.8. The van der Waals surface area contributed by atoms with E-state index < -0.39 is 5.91 Å². The number of aromatic nitrogens is 1. The molecule has 0 spiro atoms. The highest BCUT2D eigenvalue weighted by atomic mass is 32.2. The molecule has 0 atom stereocenters. The molecule has 5 heteroatoms. The summed E-state index contributed by atoms with van der Waals surface area (Å²) >= 11 is 1.69. The molecule has 1 aromatic heterocycles. The van der Waals surface area contributed by atoms with Crippen LogP contribution in [0, 0.1) is 0 Å². The van der Waals surface area contributed by atoms with Crippen LogP contribution in [0.2, 0.25) is 0 Å². The molecule has 0 radical (unpaired) electrons. The number of H-pyrrole nitrogens is 1. The molecule has 0 aliphatic rings. The van der Waals surface area contributed by atoms with E-state index in [1.165, 1.54) is 11.0 Å². The van der Waals surface area contributed by atoms with Crippen molar-refractivity contribution in [2.45, 2.75) is 9.79 Å². The summed E-state index contributed by atoms with van der Waals surface area (Å²) in [4.78, 5) is 16.6. The molecule has 22 heavy (non-hydrogen) atoms. The number of hydrogen-bond acceptors (Lipinski definition) is 3. The van der Waals surface area contributed by atoms with E-state index in [4.69, 9.17) is 5.21 Å². The summed E-state index contributed by atoms with van der Waals surface area (Å²) in [5, 5.41) is 9.60. The van der Waals surface area contributed by atoms with Gasteiger partial charge in [0.1, 0.15) is 0 Å². The molecule has 2 aromatic carbocycles. The van der Waals surface area contributed by atoms with Crippen LogP contribution in [0.15, 0.2) is 70.6 Å². The van der Waals surface area contributed by atoms with E-state index in [0.29, 0.717) is 0 Å². The van der Waals surface area contributed by atoms with Crippen molar-refractivity contribution in [2.75, 3.05) is 0 Å². The quantitative estimate of drug-likeness (QED) is 0.390. The lowest BCUT2D eigenvalue weighted by Gasteiger charge is -2.01. The standard InChI is InChI=1S/C17H14N2O2S/c20-17(19-21)9-7-12-6-8-15-14(10-12)16(11-18-15)22-13-4-2-1-3-5-13/h1-11,18,21H,(H,19,20)/b9-7+. The summed E-state index contributed by atoms with van der Waals surface area (Å²) in [7, 11) is 0. The Morgan fingerprint density at radius 1 is 1.18 bits per heavy atom. The van der Waals surface area contributed by atoms with Crippen molar-refractivity contribution in [3.63, 3.8) is 0 Å². The predicted molar refractivity (Wildman–Crippen MR) is 87.8 cm³/mol. The van der Waals surface area contributed by atoms with E-state index in [9.17, 15) is 4.79 Å². The van der Waals surface area contributed by atoms with Crippen LogP contribution in [0.25, 0.3) is 17.0 Å². The number of hydroxylamine groups is 1. The largest absolute Gasteiger partial charge is 0.360 e. The number of hydrogen-bond donors (Lipinski definition) is 3. The van der Waals surface area contributed by atoms with Gasteiger partial charge in [0.2, 0.25) is 0 Å². The summed E-state index contributed by atoms with van der Waals surface area (Å²) in [6.07, 6.45) is 4.93. The van der Waals surface area contributed by atoms with Crippen LogP contribution in [-0.2, 0) is 4.79 Å². The molecule has 4 nitrogen and oxygen atoms in total. The van der Waals surface area contributed by atoms with Crippen molar-refractivity contribution in [2.24, 2.45) is 0 Å². The maximum atomic E-state index is 11.0. The van der Waals surface area contributed by atoms with Gasteiger partial charge in [-0.25, -0.2) is 5.48 Å². The van der Waals surface area contributed by atoms with E-state index in [-0.39, 0.29) is 0 Å². The van der Waals surface area contributed by atoms with Crippen LogP contribution < -0.4 is 5.48 Å². The lowest BCUT2D eigenvalue weighted by Crippen LogP contribution is -2.14. The Hall–Kier alpha value is -2.50. The summed E-state index contributed by atoms with van der Waals surface area (Å²) in [5.41, 5.74) is 3.51. The Bertz CT molecular complexity index is 825. The molecule has 3 aromatic rings. The fraction of sp³-hybridized carbons (Fsp3) is 0. The zero-order valence-corrected chi connectivity index (χ0v) is 12.4. The van der Waals surface area contributed by atoms with Gasteiger partial charge in [0, 0.05) is 33.0 Å². The van der Waals surface area contributed by atoms with Crippen LogP contribution in [0.4, 0.5) is 0 Å². The molecule has 0 aliphatic carbocycles. The van der Waals surface area contributed by atoms with Gasteiger partial charge in [-0.05, 0) is 35.9 Å². The molecule has 1 amide bonds. The lowest BCUT2D eigenvalue weighted by molar-refractivity contribution is -0.124. The van der Waals surface area contributed by atoms with Crippen LogP contribution in [0.5, 0.6) is 0 Å². The van der Waals surface area contributed by atoms with E-state index in [1.807, 2.05) is 42.6 Å². The second-order valence-electron chi connectivity index (χ2n) is 4.68. The molecule has 110 valence electrons. The van der Waals surface area contributed by atoms with Crippen molar-refractivity contribution in [1.82, 2.24) is 10.5 Å². The lowest BCUT2D eigenvalue weighted by atomic mass is 10.1. The van der Waals surface area contributed by atoms with Crippen LogP contribution in [-0.4, -0.2) is 16.1 Å². The molecule has 0 fully saturated rings. The first kappa shape index (κ1) is 14.4. The smallest absolute Gasteiger partial charge is 0.267 e. The third-order valence-electron chi connectivity index (χ3n) is 3.18. The Morgan fingerprint density at radius 3 is 2.77 bits per heavy atom. The van der Waals surface area contributed by atoms with E-state index >= 15 is 0 Å². The SMILES string of the molecule is O=C(/C=C/c1ccc2[nH]cc(Sc3ccccc3)c2c1)NO.